The van der Waals surface area contributed by atoms with Crippen molar-refractivity contribution in [3.05, 3.63) is 96.2 Å². The zero-order valence-corrected chi connectivity index (χ0v) is 13.0. The number of hydrogen-bond acceptors (Lipinski definition) is 0. The molecular formula is C25H18. The molecular weight excluding hydrogens is 300 g/mol. The quantitative estimate of drug-likeness (QED) is 0.287. The molecule has 0 spiro atoms. The van der Waals surface area contributed by atoms with Crippen LogP contribution in [0, 0.1) is 6.92 Å². The van der Waals surface area contributed by atoms with E-state index in [1.54, 1.807) is 0 Å². The van der Waals surface area contributed by atoms with Crippen LogP contribution in [0.2, 0.25) is 0 Å². The lowest BCUT2D eigenvalue weighted by Crippen LogP contribution is -1.97. The van der Waals surface area contributed by atoms with E-state index in [2.05, 4.69) is 0 Å². The Kier molecular flexibility index (Phi) is 1.25. The summed E-state index contributed by atoms with van der Waals surface area (Å²) in [4.78, 5) is 0. The van der Waals surface area contributed by atoms with E-state index in [0.717, 1.165) is 0 Å². The molecule has 0 bridgehead atoms. The summed E-state index contributed by atoms with van der Waals surface area (Å²) in [7, 11) is 0. The minimum absolute atomic E-state index is 0.0275. The van der Waals surface area contributed by atoms with Crippen LogP contribution in [0.1, 0.15) is 26.1 Å². The van der Waals surface area contributed by atoms with Gasteiger partial charge in [-0.2, -0.15) is 0 Å². The van der Waals surface area contributed by atoms with Crippen molar-refractivity contribution < 1.29 is 20.6 Å². The van der Waals surface area contributed by atoms with Crippen LogP contribution in [0.3, 0.4) is 0 Å². The topological polar surface area (TPSA) is 0 Å². The Morgan fingerprint density at radius 2 is 0.760 bits per heavy atom. The highest BCUT2D eigenvalue weighted by atomic mass is 14.2. The molecule has 0 saturated heterocycles. The van der Waals surface area contributed by atoms with Gasteiger partial charge in [0.15, 0.2) is 0 Å². The average molecular weight is 334 g/mol. The second-order valence-electron chi connectivity index (χ2n) is 5.50. The number of benzene rings is 4. The Labute approximate surface area is 169 Å². The first-order valence-electron chi connectivity index (χ1n) is 15.0. The molecule has 1 aliphatic rings. The molecule has 0 atom stereocenters. The lowest BCUT2D eigenvalue weighted by Gasteiger charge is -2.23. The van der Waals surface area contributed by atoms with Crippen molar-refractivity contribution in [1.29, 1.82) is 0 Å². The first-order chi connectivity index (χ1) is 18.6. The van der Waals surface area contributed by atoms with Crippen LogP contribution in [0.15, 0.2) is 90.6 Å². The van der Waals surface area contributed by atoms with Crippen molar-refractivity contribution >= 4 is 0 Å². The van der Waals surface area contributed by atoms with Crippen molar-refractivity contribution in [2.45, 2.75) is 6.92 Å². The highest BCUT2D eigenvalue weighted by molar-refractivity contribution is 6.02. The summed E-state index contributed by atoms with van der Waals surface area (Å²) in [6, 6.07) is -10.1. The van der Waals surface area contributed by atoms with Crippen LogP contribution in [0.5, 0.6) is 0 Å². The molecule has 118 valence electrons. The molecule has 0 nitrogen and oxygen atoms in total. The molecule has 0 radical (unpaired) electrons. The Bertz CT molecular complexity index is 1430. The number of hydrogen-bond donors (Lipinski definition) is 0. The van der Waals surface area contributed by atoms with Gasteiger partial charge in [0, 0.05) is 0 Å². The highest BCUT2D eigenvalue weighted by Gasteiger charge is 2.20. The molecule has 0 saturated carbocycles. The van der Waals surface area contributed by atoms with Gasteiger partial charge in [0.25, 0.3) is 0 Å². The third-order valence-electron chi connectivity index (χ3n) is 4.00. The maximum atomic E-state index is 8.92. The lowest BCUT2D eigenvalue weighted by atomic mass is 9.80. The Morgan fingerprint density at radius 1 is 0.440 bits per heavy atom. The van der Waals surface area contributed by atoms with Gasteiger partial charge in [-0.05, 0) is 51.4 Å². The van der Waals surface area contributed by atoms with Gasteiger partial charge in [-0.25, -0.2) is 0 Å². The van der Waals surface area contributed by atoms with E-state index in [-0.39, 0.29) is 22.3 Å². The van der Waals surface area contributed by atoms with Crippen molar-refractivity contribution in [1.82, 2.24) is 0 Å². The van der Waals surface area contributed by atoms with Gasteiger partial charge in [-0.1, -0.05) is 96.2 Å². The second-order valence-corrected chi connectivity index (χ2v) is 5.50. The summed E-state index contributed by atoms with van der Waals surface area (Å²) >= 11 is 0. The van der Waals surface area contributed by atoms with Crippen LogP contribution in [-0.2, 0) is 0 Å². The van der Waals surface area contributed by atoms with E-state index in [0.29, 0.717) is 0 Å². The Morgan fingerprint density at radius 3 is 1.16 bits per heavy atom. The molecule has 0 fully saturated rings. The molecule has 4 aromatic carbocycles. The molecule has 0 aromatic heterocycles. The zero-order valence-electron chi connectivity index (χ0n) is 28.0. The minimum atomic E-state index is -0.748. The Balaban J connectivity index is 2.32. The molecule has 1 aliphatic carbocycles. The molecule has 0 heterocycles. The van der Waals surface area contributed by atoms with Gasteiger partial charge in [0.2, 0.25) is 0 Å². The van der Waals surface area contributed by atoms with E-state index < -0.39 is 118 Å². The standard InChI is InChI=1S/C25H18/c1-17-14-15-24-22-12-5-4-10-20(22)18-8-2-3-9-19(18)21-11-6-7-13-23(21)25(24)16-17/h2-16H,1H3/i2D,3D,4D,5D,6D,7D,8D,9D,10D,11D,12D,13D,14D,15D,16D. The molecule has 0 unspecified atom stereocenters. The summed E-state index contributed by atoms with van der Waals surface area (Å²) in [6.45, 7) is 1.37. The minimum Gasteiger partial charge on any atom is -0.0616 e. The third-order valence-corrected chi connectivity index (χ3v) is 4.00. The van der Waals surface area contributed by atoms with Crippen LogP contribution >= 0.6 is 0 Å². The molecule has 0 heteroatoms. The van der Waals surface area contributed by atoms with Gasteiger partial charge in [0.1, 0.15) is 0 Å². The first kappa shape index (κ1) is 5.71. The average Bonchev–Trinajstić information content (AvgIpc) is 2.92. The fourth-order valence-electron chi connectivity index (χ4n) is 2.94. The molecule has 4 aromatic rings. The normalized spacial score (nSPS) is 19.8. The predicted octanol–water partition coefficient (Wildman–Crippen LogP) is 6.98. The smallest absolute Gasteiger partial charge is 0.0616 e. The largest absolute Gasteiger partial charge is 0.0632 e. The summed E-state index contributed by atoms with van der Waals surface area (Å²) in [5, 5.41) is 0. The second kappa shape index (κ2) is 5.46. The van der Waals surface area contributed by atoms with E-state index in [4.69, 9.17) is 20.6 Å². The molecule has 0 N–H and O–H groups in total. The zero-order chi connectivity index (χ0) is 29.9. The van der Waals surface area contributed by atoms with Crippen molar-refractivity contribution in [2.75, 3.05) is 0 Å². The molecule has 0 aliphatic heterocycles. The SMILES string of the molecule is [2H]c1c([2H])c([2H])c2c(c1[2H])-c1c([2H])c([2H])c([2H])c([2H])c1-c1c([2H])c([2H])c(C)c([2H])c1-c1c([2H])c([2H])c([2H])c([2H])c1-2. The van der Waals surface area contributed by atoms with Crippen LogP contribution in [0.25, 0.3) is 44.5 Å². The maximum absolute atomic E-state index is 8.92. The monoisotopic (exact) mass is 333 g/mol. The summed E-state index contributed by atoms with van der Waals surface area (Å²) in [5.74, 6) is 0. The predicted molar refractivity (Wildman–Crippen MR) is 106 cm³/mol. The van der Waals surface area contributed by atoms with E-state index in [1.807, 2.05) is 0 Å². The molecule has 5 rings (SSSR count). The maximum Gasteiger partial charge on any atom is 0.0632 e. The van der Waals surface area contributed by atoms with E-state index in [9.17, 15) is 0 Å². The van der Waals surface area contributed by atoms with Crippen molar-refractivity contribution in [3.8, 4) is 44.5 Å². The van der Waals surface area contributed by atoms with Crippen LogP contribution in [0.4, 0.5) is 0 Å². The van der Waals surface area contributed by atoms with Crippen molar-refractivity contribution in [2.24, 2.45) is 0 Å². The summed E-state index contributed by atoms with van der Waals surface area (Å²) < 4.78 is 129. The van der Waals surface area contributed by atoms with Gasteiger partial charge in [0.05, 0.1) is 20.6 Å². The van der Waals surface area contributed by atoms with Gasteiger partial charge >= 0.3 is 0 Å². The van der Waals surface area contributed by atoms with E-state index >= 15 is 0 Å². The van der Waals surface area contributed by atoms with Crippen LogP contribution < -0.4 is 0 Å². The third kappa shape index (κ3) is 2.15. The number of rotatable bonds is 0. The van der Waals surface area contributed by atoms with Gasteiger partial charge in [-0.3, -0.25) is 0 Å². The first-order valence-corrected chi connectivity index (χ1v) is 7.50. The highest BCUT2D eigenvalue weighted by Crippen LogP contribution is 2.47. The fourth-order valence-corrected chi connectivity index (χ4v) is 2.94. The fraction of sp³-hybridized carbons (Fsp3) is 0.0400. The summed E-state index contributed by atoms with van der Waals surface area (Å²) in [6.07, 6.45) is 0. The molecule has 0 amide bonds. The van der Waals surface area contributed by atoms with Crippen LogP contribution in [-0.4, -0.2) is 0 Å². The Hall–Kier alpha value is -3.12. The molecule has 25 heavy (non-hydrogen) atoms. The van der Waals surface area contributed by atoms with E-state index in [1.165, 1.54) is 6.92 Å². The summed E-state index contributed by atoms with van der Waals surface area (Å²) in [5.41, 5.74) is -3.17. The van der Waals surface area contributed by atoms with Gasteiger partial charge < -0.3 is 0 Å². The van der Waals surface area contributed by atoms with Gasteiger partial charge in [-0.15, -0.1) is 0 Å². The van der Waals surface area contributed by atoms with Crippen molar-refractivity contribution in [3.63, 3.8) is 0 Å². The lowest BCUT2D eigenvalue weighted by molar-refractivity contribution is 1.45. The number of fused-ring (bicyclic) bond motifs is 8.